The maximum Gasteiger partial charge on any atom is 0.317 e. The number of hydrogen-bond acceptors (Lipinski definition) is 3. The van der Waals surface area contributed by atoms with Gasteiger partial charge in [0.25, 0.3) is 0 Å². The number of nitrogens with one attached hydrogen (secondary N) is 1. The zero-order valence-corrected chi connectivity index (χ0v) is 15.0. The molecule has 0 aromatic carbocycles. The monoisotopic (exact) mass is 335 g/mol. The molecule has 0 spiro atoms. The van der Waals surface area contributed by atoms with Crippen LogP contribution in [-0.4, -0.2) is 57.5 Å². The molecule has 1 fully saturated rings. The summed E-state index contributed by atoms with van der Waals surface area (Å²) in [6.07, 6.45) is 5.27. The molecule has 0 bridgehead atoms. The summed E-state index contributed by atoms with van der Waals surface area (Å²) >= 11 is 0. The van der Waals surface area contributed by atoms with Crippen LogP contribution in [-0.2, 0) is 17.9 Å². The molecule has 0 aliphatic carbocycles. The number of aryl methyl sites for hydroxylation is 1. The number of piperidine rings is 1. The third-order valence-electron chi connectivity index (χ3n) is 4.69. The molecule has 1 aromatic heterocycles. The highest BCUT2D eigenvalue weighted by atomic mass is 16.2. The van der Waals surface area contributed by atoms with Crippen LogP contribution in [0, 0.1) is 5.92 Å². The quantitative estimate of drug-likeness (QED) is 0.860. The standard InChI is InChI=1S/C17H29N5O2/c1-4-20(5-2)16(23)14-8-7-9-22(12-14)17(24)19-11-15-10-18-13-21(15)6-3/h10,13-14H,4-9,11-12H2,1-3H3,(H,19,24)/t14-/m1/s1. The minimum absolute atomic E-state index is 0.0782. The van der Waals surface area contributed by atoms with Gasteiger partial charge in [-0.1, -0.05) is 0 Å². The van der Waals surface area contributed by atoms with Crippen LogP contribution in [0.4, 0.5) is 4.79 Å². The third-order valence-corrected chi connectivity index (χ3v) is 4.69. The number of likely N-dealkylation sites (tertiary alicyclic amines) is 1. The molecule has 3 amide bonds. The lowest BCUT2D eigenvalue weighted by molar-refractivity contribution is -0.136. The largest absolute Gasteiger partial charge is 0.343 e. The molecule has 2 rings (SSSR count). The van der Waals surface area contributed by atoms with Crippen molar-refractivity contribution in [2.24, 2.45) is 5.92 Å². The van der Waals surface area contributed by atoms with Crippen LogP contribution >= 0.6 is 0 Å². The summed E-state index contributed by atoms with van der Waals surface area (Å²) in [5.41, 5.74) is 0.985. The summed E-state index contributed by atoms with van der Waals surface area (Å²) in [7, 11) is 0. The van der Waals surface area contributed by atoms with Crippen molar-refractivity contribution in [3.05, 3.63) is 18.2 Å². The summed E-state index contributed by atoms with van der Waals surface area (Å²) in [6.45, 7) is 9.97. The van der Waals surface area contributed by atoms with E-state index in [0.717, 1.165) is 38.2 Å². The van der Waals surface area contributed by atoms with E-state index in [4.69, 9.17) is 0 Å². The molecule has 1 saturated heterocycles. The Kier molecular flexibility index (Phi) is 6.63. The molecule has 2 heterocycles. The topological polar surface area (TPSA) is 70.5 Å². The van der Waals surface area contributed by atoms with Gasteiger partial charge in [0.05, 0.1) is 24.5 Å². The molecule has 7 nitrogen and oxygen atoms in total. The maximum atomic E-state index is 12.5. The summed E-state index contributed by atoms with van der Waals surface area (Å²) in [5.74, 6) is 0.0899. The molecule has 0 radical (unpaired) electrons. The van der Waals surface area contributed by atoms with Crippen molar-refractivity contribution in [3.63, 3.8) is 0 Å². The molecular weight excluding hydrogens is 306 g/mol. The highest BCUT2D eigenvalue weighted by Gasteiger charge is 2.30. The van der Waals surface area contributed by atoms with Gasteiger partial charge in [-0.2, -0.15) is 0 Å². The van der Waals surface area contributed by atoms with Crippen molar-refractivity contribution >= 4 is 11.9 Å². The molecule has 7 heteroatoms. The SMILES string of the molecule is CCN(CC)C(=O)[C@@H]1CCCN(C(=O)NCc2cncn2CC)C1. The lowest BCUT2D eigenvalue weighted by atomic mass is 9.96. The van der Waals surface area contributed by atoms with E-state index in [1.807, 2.05) is 30.2 Å². The van der Waals surface area contributed by atoms with Gasteiger partial charge < -0.3 is 19.7 Å². The van der Waals surface area contributed by atoms with Gasteiger partial charge in [0.15, 0.2) is 0 Å². The fraction of sp³-hybridized carbons (Fsp3) is 0.706. The predicted octanol–water partition coefficient (Wildman–Crippen LogP) is 1.69. The Morgan fingerprint density at radius 1 is 1.33 bits per heavy atom. The zero-order chi connectivity index (χ0) is 17.5. The van der Waals surface area contributed by atoms with E-state index < -0.39 is 0 Å². The van der Waals surface area contributed by atoms with Crippen molar-refractivity contribution in [3.8, 4) is 0 Å². The molecular formula is C17H29N5O2. The van der Waals surface area contributed by atoms with Crippen LogP contribution in [0.25, 0.3) is 0 Å². The smallest absolute Gasteiger partial charge is 0.317 e. The van der Waals surface area contributed by atoms with Gasteiger partial charge >= 0.3 is 6.03 Å². The van der Waals surface area contributed by atoms with Crippen molar-refractivity contribution in [1.82, 2.24) is 24.7 Å². The number of amides is 3. The van der Waals surface area contributed by atoms with Gasteiger partial charge in [0, 0.05) is 38.9 Å². The lowest BCUT2D eigenvalue weighted by Crippen LogP contribution is -2.49. The second-order valence-electron chi connectivity index (χ2n) is 6.13. The molecule has 1 aliphatic heterocycles. The number of urea groups is 1. The number of hydrogen-bond donors (Lipinski definition) is 1. The van der Waals surface area contributed by atoms with Gasteiger partial charge in [-0.3, -0.25) is 4.79 Å². The number of nitrogens with zero attached hydrogens (tertiary/aromatic N) is 4. The Labute approximate surface area is 144 Å². The van der Waals surface area contributed by atoms with E-state index in [0.29, 0.717) is 19.6 Å². The molecule has 0 saturated carbocycles. The normalized spacial score (nSPS) is 17.6. The zero-order valence-electron chi connectivity index (χ0n) is 15.0. The molecule has 134 valence electrons. The Hall–Kier alpha value is -2.05. The van der Waals surface area contributed by atoms with Gasteiger partial charge in [0.2, 0.25) is 5.91 Å². The molecule has 1 N–H and O–H groups in total. The number of rotatable bonds is 6. The lowest BCUT2D eigenvalue weighted by Gasteiger charge is -2.34. The highest BCUT2D eigenvalue weighted by molar-refractivity contribution is 5.81. The first-order chi connectivity index (χ1) is 11.6. The average molecular weight is 335 g/mol. The summed E-state index contributed by atoms with van der Waals surface area (Å²) in [4.78, 5) is 32.7. The van der Waals surface area contributed by atoms with Crippen molar-refractivity contribution in [1.29, 1.82) is 0 Å². The third kappa shape index (κ3) is 4.27. The van der Waals surface area contributed by atoms with Crippen molar-refractivity contribution in [2.75, 3.05) is 26.2 Å². The van der Waals surface area contributed by atoms with E-state index in [1.54, 1.807) is 17.4 Å². The Morgan fingerprint density at radius 3 is 2.75 bits per heavy atom. The fourth-order valence-electron chi connectivity index (χ4n) is 3.21. The van der Waals surface area contributed by atoms with Gasteiger partial charge in [-0.05, 0) is 33.6 Å². The van der Waals surface area contributed by atoms with Crippen molar-refractivity contribution < 1.29 is 9.59 Å². The Bertz CT molecular complexity index is 553. The summed E-state index contributed by atoms with van der Waals surface area (Å²) in [6, 6.07) is -0.101. The van der Waals surface area contributed by atoms with E-state index in [2.05, 4.69) is 10.3 Å². The molecule has 24 heavy (non-hydrogen) atoms. The molecule has 1 aromatic rings. The van der Waals surface area contributed by atoms with Crippen LogP contribution in [0.15, 0.2) is 12.5 Å². The minimum atomic E-state index is -0.101. The van der Waals surface area contributed by atoms with Crippen LogP contribution in [0.5, 0.6) is 0 Å². The first-order valence-corrected chi connectivity index (χ1v) is 8.91. The first-order valence-electron chi connectivity index (χ1n) is 8.91. The van der Waals surface area contributed by atoms with E-state index in [-0.39, 0.29) is 17.9 Å². The Balaban J connectivity index is 1.89. The number of aromatic nitrogens is 2. The Morgan fingerprint density at radius 2 is 2.08 bits per heavy atom. The number of imidazole rings is 1. The van der Waals surface area contributed by atoms with E-state index in [1.165, 1.54) is 0 Å². The second kappa shape index (κ2) is 8.70. The van der Waals surface area contributed by atoms with Crippen LogP contribution in [0.1, 0.15) is 39.3 Å². The highest BCUT2D eigenvalue weighted by Crippen LogP contribution is 2.19. The van der Waals surface area contributed by atoms with Gasteiger partial charge in [-0.15, -0.1) is 0 Å². The number of carbonyl (C=O) groups excluding carboxylic acids is 2. The molecule has 0 unspecified atom stereocenters. The molecule has 1 atom stereocenters. The average Bonchev–Trinajstić information content (AvgIpc) is 3.08. The minimum Gasteiger partial charge on any atom is -0.343 e. The van der Waals surface area contributed by atoms with E-state index >= 15 is 0 Å². The summed E-state index contributed by atoms with van der Waals surface area (Å²) < 4.78 is 2.00. The van der Waals surface area contributed by atoms with Crippen molar-refractivity contribution in [2.45, 2.75) is 46.7 Å². The number of carbonyl (C=O) groups is 2. The van der Waals surface area contributed by atoms with Gasteiger partial charge in [0.1, 0.15) is 0 Å². The first kappa shape index (κ1) is 18.3. The second-order valence-corrected chi connectivity index (χ2v) is 6.13. The van der Waals surface area contributed by atoms with E-state index in [9.17, 15) is 9.59 Å². The van der Waals surface area contributed by atoms with Crippen LogP contribution < -0.4 is 5.32 Å². The fourth-order valence-corrected chi connectivity index (χ4v) is 3.21. The van der Waals surface area contributed by atoms with Gasteiger partial charge in [-0.25, -0.2) is 9.78 Å². The van der Waals surface area contributed by atoms with Crippen LogP contribution in [0.3, 0.4) is 0 Å². The summed E-state index contributed by atoms with van der Waals surface area (Å²) in [5, 5.41) is 2.95. The molecule has 1 aliphatic rings. The predicted molar refractivity (Wildman–Crippen MR) is 92.4 cm³/mol. The maximum absolute atomic E-state index is 12.5. The van der Waals surface area contributed by atoms with Crippen LogP contribution in [0.2, 0.25) is 0 Å².